The SMILES string of the molecule is CC(=O)Nc1cc(C(=O)NCC(C)CN)cc(C(F)(F)F)c1. The van der Waals surface area contributed by atoms with Crippen molar-refractivity contribution in [3.8, 4) is 0 Å². The van der Waals surface area contributed by atoms with E-state index in [1.165, 1.54) is 13.0 Å². The van der Waals surface area contributed by atoms with Crippen LogP contribution in [-0.2, 0) is 11.0 Å². The zero-order valence-corrected chi connectivity index (χ0v) is 12.3. The van der Waals surface area contributed by atoms with Gasteiger partial charge in [0, 0.05) is 24.7 Å². The first kappa shape index (κ1) is 18.0. The van der Waals surface area contributed by atoms with Gasteiger partial charge in [0.05, 0.1) is 5.56 Å². The highest BCUT2D eigenvalue weighted by Crippen LogP contribution is 2.32. The maximum Gasteiger partial charge on any atom is 0.416 e. The molecule has 0 saturated heterocycles. The first-order valence-electron chi connectivity index (χ1n) is 6.61. The molecule has 122 valence electrons. The van der Waals surface area contributed by atoms with E-state index in [0.717, 1.165) is 12.1 Å². The van der Waals surface area contributed by atoms with Crippen molar-refractivity contribution in [2.75, 3.05) is 18.4 Å². The molecule has 0 fully saturated rings. The van der Waals surface area contributed by atoms with Crippen LogP contribution in [0.1, 0.15) is 29.8 Å². The molecule has 8 heteroatoms. The highest BCUT2D eigenvalue weighted by atomic mass is 19.4. The Morgan fingerprint density at radius 1 is 1.27 bits per heavy atom. The first-order chi connectivity index (χ1) is 10.1. The quantitative estimate of drug-likeness (QED) is 0.776. The number of anilines is 1. The van der Waals surface area contributed by atoms with Crippen LogP contribution < -0.4 is 16.4 Å². The molecular formula is C14H18F3N3O2. The van der Waals surface area contributed by atoms with E-state index in [9.17, 15) is 22.8 Å². The van der Waals surface area contributed by atoms with E-state index >= 15 is 0 Å². The van der Waals surface area contributed by atoms with E-state index in [0.29, 0.717) is 6.54 Å². The van der Waals surface area contributed by atoms with Gasteiger partial charge in [-0.1, -0.05) is 6.92 Å². The molecule has 5 nitrogen and oxygen atoms in total. The minimum Gasteiger partial charge on any atom is -0.352 e. The van der Waals surface area contributed by atoms with Crippen molar-refractivity contribution in [2.45, 2.75) is 20.0 Å². The van der Waals surface area contributed by atoms with E-state index in [2.05, 4.69) is 10.6 Å². The van der Waals surface area contributed by atoms with E-state index < -0.39 is 23.6 Å². The number of carbonyl (C=O) groups excluding carboxylic acids is 2. The number of amides is 2. The third kappa shape index (κ3) is 5.36. The summed E-state index contributed by atoms with van der Waals surface area (Å²) >= 11 is 0. The van der Waals surface area contributed by atoms with Gasteiger partial charge >= 0.3 is 6.18 Å². The summed E-state index contributed by atoms with van der Waals surface area (Å²) in [4.78, 5) is 23.0. The average Bonchev–Trinajstić information content (AvgIpc) is 2.42. The summed E-state index contributed by atoms with van der Waals surface area (Å²) < 4.78 is 38.6. The van der Waals surface area contributed by atoms with E-state index in [1.807, 2.05) is 0 Å². The molecule has 0 aliphatic rings. The van der Waals surface area contributed by atoms with Crippen molar-refractivity contribution in [1.29, 1.82) is 0 Å². The number of benzene rings is 1. The molecule has 1 aromatic rings. The fraction of sp³-hybridized carbons (Fsp3) is 0.429. The number of alkyl halides is 3. The normalized spacial score (nSPS) is 12.6. The topological polar surface area (TPSA) is 84.2 Å². The molecule has 4 N–H and O–H groups in total. The van der Waals surface area contributed by atoms with Gasteiger partial charge in [0.25, 0.3) is 5.91 Å². The van der Waals surface area contributed by atoms with Crippen molar-refractivity contribution >= 4 is 17.5 Å². The summed E-state index contributed by atoms with van der Waals surface area (Å²) in [7, 11) is 0. The van der Waals surface area contributed by atoms with Crippen LogP contribution in [0.2, 0.25) is 0 Å². The lowest BCUT2D eigenvalue weighted by Crippen LogP contribution is -2.31. The lowest BCUT2D eigenvalue weighted by molar-refractivity contribution is -0.137. The molecule has 0 aliphatic carbocycles. The Morgan fingerprint density at radius 2 is 1.91 bits per heavy atom. The minimum absolute atomic E-state index is 0.00423. The Hall–Kier alpha value is -2.09. The third-order valence-corrected chi connectivity index (χ3v) is 2.86. The maximum atomic E-state index is 12.9. The summed E-state index contributed by atoms with van der Waals surface area (Å²) in [6.45, 7) is 3.57. The fourth-order valence-electron chi connectivity index (χ4n) is 1.65. The first-order valence-corrected chi connectivity index (χ1v) is 6.61. The number of nitrogens with one attached hydrogen (secondary N) is 2. The predicted octanol–water partition coefficient (Wildman–Crippen LogP) is 1.99. The lowest BCUT2D eigenvalue weighted by Gasteiger charge is -2.14. The molecule has 0 aromatic heterocycles. The van der Waals surface area contributed by atoms with Crippen molar-refractivity contribution in [3.05, 3.63) is 29.3 Å². The van der Waals surface area contributed by atoms with Crippen LogP contribution in [-0.4, -0.2) is 24.9 Å². The zero-order chi connectivity index (χ0) is 16.9. The predicted molar refractivity (Wildman–Crippen MR) is 76.3 cm³/mol. The van der Waals surface area contributed by atoms with Crippen LogP contribution in [0.4, 0.5) is 18.9 Å². The second-order valence-electron chi connectivity index (χ2n) is 5.03. The monoisotopic (exact) mass is 317 g/mol. The lowest BCUT2D eigenvalue weighted by atomic mass is 10.1. The summed E-state index contributed by atoms with van der Waals surface area (Å²) in [6.07, 6.45) is -4.62. The maximum absolute atomic E-state index is 12.9. The van der Waals surface area contributed by atoms with Crippen molar-refractivity contribution < 1.29 is 22.8 Å². The molecule has 0 aliphatic heterocycles. The Morgan fingerprint density at radius 3 is 2.41 bits per heavy atom. The Balaban J connectivity index is 3.06. The molecule has 1 atom stereocenters. The van der Waals surface area contributed by atoms with Crippen LogP contribution in [0.25, 0.3) is 0 Å². The number of rotatable bonds is 5. The second-order valence-corrected chi connectivity index (χ2v) is 5.03. The van der Waals surface area contributed by atoms with Crippen LogP contribution in [0.15, 0.2) is 18.2 Å². The Labute approximate surface area is 126 Å². The van der Waals surface area contributed by atoms with Crippen LogP contribution in [0, 0.1) is 5.92 Å². The van der Waals surface area contributed by atoms with Gasteiger partial charge in [-0.05, 0) is 30.7 Å². The van der Waals surface area contributed by atoms with Crippen LogP contribution >= 0.6 is 0 Å². The largest absolute Gasteiger partial charge is 0.416 e. The molecular weight excluding hydrogens is 299 g/mol. The molecule has 1 aromatic carbocycles. The van der Waals surface area contributed by atoms with Gasteiger partial charge in [-0.25, -0.2) is 0 Å². The van der Waals surface area contributed by atoms with Gasteiger partial charge in [0.2, 0.25) is 5.91 Å². The molecule has 0 radical (unpaired) electrons. The van der Waals surface area contributed by atoms with E-state index in [1.54, 1.807) is 6.92 Å². The Kier molecular flexibility index (Phi) is 5.92. The molecule has 0 bridgehead atoms. The van der Waals surface area contributed by atoms with Crippen molar-refractivity contribution in [2.24, 2.45) is 11.7 Å². The van der Waals surface area contributed by atoms with Crippen LogP contribution in [0.5, 0.6) is 0 Å². The standard InChI is InChI=1S/C14H18F3N3O2/c1-8(6-18)7-19-13(22)10-3-11(14(15,16)17)5-12(4-10)20-9(2)21/h3-5,8H,6-7,18H2,1-2H3,(H,19,22)(H,20,21). The molecule has 0 saturated carbocycles. The molecule has 2 amide bonds. The number of hydrogen-bond acceptors (Lipinski definition) is 3. The highest BCUT2D eigenvalue weighted by Gasteiger charge is 2.32. The summed E-state index contributed by atoms with van der Waals surface area (Å²) in [5.41, 5.74) is 4.14. The van der Waals surface area contributed by atoms with Gasteiger partial charge in [-0.15, -0.1) is 0 Å². The summed E-state index contributed by atoms with van der Waals surface area (Å²) in [6, 6.07) is 2.72. The highest BCUT2D eigenvalue weighted by molar-refractivity contribution is 5.97. The van der Waals surface area contributed by atoms with Crippen molar-refractivity contribution in [3.63, 3.8) is 0 Å². The molecule has 0 spiro atoms. The van der Waals surface area contributed by atoms with Gasteiger partial charge in [-0.2, -0.15) is 13.2 Å². The number of nitrogens with two attached hydrogens (primary N) is 1. The molecule has 22 heavy (non-hydrogen) atoms. The van der Waals surface area contributed by atoms with E-state index in [-0.39, 0.29) is 23.7 Å². The van der Waals surface area contributed by atoms with Gasteiger partial charge < -0.3 is 16.4 Å². The summed E-state index contributed by atoms with van der Waals surface area (Å²) in [5.74, 6) is -1.18. The molecule has 0 heterocycles. The van der Waals surface area contributed by atoms with Gasteiger partial charge in [0.1, 0.15) is 0 Å². The molecule has 1 rings (SSSR count). The average molecular weight is 317 g/mol. The van der Waals surface area contributed by atoms with Gasteiger partial charge in [0.15, 0.2) is 0 Å². The third-order valence-electron chi connectivity index (χ3n) is 2.86. The van der Waals surface area contributed by atoms with E-state index in [4.69, 9.17) is 5.73 Å². The van der Waals surface area contributed by atoms with Crippen molar-refractivity contribution in [1.82, 2.24) is 5.32 Å². The minimum atomic E-state index is -4.62. The second kappa shape index (κ2) is 7.26. The smallest absolute Gasteiger partial charge is 0.352 e. The summed E-state index contributed by atoms with van der Waals surface area (Å²) in [5, 5.41) is 4.76. The van der Waals surface area contributed by atoms with Crippen LogP contribution in [0.3, 0.4) is 0 Å². The Bertz CT molecular complexity index is 559. The number of halogens is 3. The van der Waals surface area contributed by atoms with Gasteiger partial charge in [-0.3, -0.25) is 9.59 Å². The number of hydrogen-bond donors (Lipinski definition) is 3. The number of carbonyl (C=O) groups is 2. The molecule has 1 unspecified atom stereocenters. The zero-order valence-electron chi connectivity index (χ0n) is 12.3. The fourth-order valence-corrected chi connectivity index (χ4v) is 1.65.